The van der Waals surface area contributed by atoms with Crippen LogP contribution in [0.1, 0.15) is 25.3 Å². The molecule has 0 radical (unpaired) electrons. The number of benzene rings is 1. The molecule has 2 amide bonds. The van der Waals surface area contributed by atoms with E-state index >= 15 is 0 Å². The van der Waals surface area contributed by atoms with Gasteiger partial charge in [0.1, 0.15) is 5.82 Å². The van der Waals surface area contributed by atoms with E-state index < -0.39 is 0 Å². The number of hydrogen-bond donors (Lipinski definition) is 2. The number of amides is 2. The maximum atomic E-state index is 13.7. The van der Waals surface area contributed by atoms with E-state index in [0.29, 0.717) is 22.9 Å². The van der Waals surface area contributed by atoms with Crippen molar-refractivity contribution in [3.05, 3.63) is 46.9 Å². The average Bonchev–Trinajstić information content (AvgIpc) is 2.90. The monoisotopic (exact) mass is 324 g/mol. The van der Waals surface area contributed by atoms with Crippen LogP contribution in [0.4, 0.5) is 15.0 Å². The summed E-state index contributed by atoms with van der Waals surface area (Å²) < 4.78 is 15.2. The lowest BCUT2D eigenvalue weighted by Crippen LogP contribution is -2.29. The molecule has 0 unspecified atom stereocenters. The van der Waals surface area contributed by atoms with E-state index in [1.807, 2.05) is 0 Å². The van der Waals surface area contributed by atoms with Gasteiger partial charge in [0.2, 0.25) is 0 Å². The topological polar surface area (TPSA) is 59.0 Å². The molecule has 7 heteroatoms. The summed E-state index contributed by atoms with van der Waals surface area (Å²) in [6, 6.07) is 5.88. The van der Waals surface area contributed by atoms with Crippen LogP contribution in [-0.2, 0) is 6.54 Å². The van der Waals surface area contributed by atoms with Crippen molar-refractivity contribution in [2.24, 2.45) is 0 Å². The molecule has 0 aliphatic rings. The highest BCUT2D eigenvalue weighted by Gasteiger charge is 2.09. The van der Waals surface area contributed by atoms with Crippen LogP contribution >= 0.6 is 11.6 Å². The first-order chi connectivity index (χ1) is 10.6. The molecule has 0 saturated carbocycles. The number of aromatic nitrogens is 2. The van der Waals surface area contributed by atoms with Crippen LogP contribution in [0.25, 0.3) is 0 Å². The van der Waals surface area contributed by atoms with Crippen molar-refractivity contribution >= 4 is 23.4 Å². The molecule has 1 heterocycles. The number of rotatable bonds is 6. The van der Waals surface area contributed by atoms with Gasteiger partial charge in [-0.25, -0.2) is 9.18 Å². The summed E-state index contributed by atoms with van der Waals surface area (Å²) in [5.41, 5.74) is 0.367. The number of unbranched alkanes of at least 4 members (excludes halogenated alkanes) is 1. The molecule has 2 N–H and O–H groups in total. The Morgan fingerprint density at radius 1 is 1.41 bits per heavy atom. The Bertz CT molecular complexity index is 624. The van der Waals surface area contributed by atoms with Gasteiger partial charge in [-0.05, 0) is 18.6 Å². The Hall–Kier alpha value is -2.08. The highest BCUT2D eigenvalue weighted by molar-refractivity contribution is 6.31. The standard InChI is InChI=1S/C15H18ClFN4O/c1-2-3-8-18-15(22)19-14-7-9-21(20-14)10-11-12(16)5-4-6-13(11)17/h4-7,9H,2-3,8,10H2,1H3,(H2,18,19,20,22). The molecule has 1 aromatic heterocycles. The van der Waals surface area contributed by atoms with Gasteiger partial charge in [-0.3, -0.25) is 10.00 Å². The Morgan fingerprint density at radius 3 is 2.95 bits per heavy atom. The summed E-state index contributed by atoms with van der Waals surface area (Å²) in [5.74, 6) is 0.0243. The van der Waals surface area contributed by atoms with Crippen LogP contribution in [0.2, 0.25) is 5.02 Å². The first-order valence-electron chi connectivity index (χ1n) is 7.11. The average molecular weight is 325 g/mol. The Morgan fingerprint density at radius 2 is 2.23 bits per heavy atom. The van der Waals surface area contributed by atoms with E-state index in [-0.39, 0.29) is 18.4 Å². The zero-order chi connectivity index (χ0) is 15.9. The SMILES string of the molecule is CCCCNC(=O)Nc1ccn(Cc2c(F)cccc2Cl)n1. The van der Waals surface area contributed by atoms with E-state index in [4.69, 9.17) is 11.6 Å². The molecule has 2 aromatic rings. The van der Waals surface area contributed by atoms with Crippen LogP contribution in [0.5, 0.6) is 0 Å². The number of carbonyl (C=O) groups excluding carboxylic acids is 1. The minimum Gasteiger partial charge on any atom is -0.338 e. The van der Waals surface area contributed by atoms with Crippen LogP contribution < -0.4 is 10.6 Å². The highest BCUT2D eigenvalue weighted by atomic mass is 35.5. The maximum Gasteiger partial charge on any atom is 0.320 e. The molecular formula is C15H18ClFN4O. The third-order valence-corrected chi connectivity index (χ3v) is 3.43. The van der Waals surface area contributed by atoms with Gasteiger partial charge in [-0.1, -0.05) is 31.0 Å². The quantitative estimate of drug-likeness (QED) is 0.797. The smallest absolute Gasteiger partial charge is 0.320 e. The zero-order valence-electron chi connectivity index (χ0n) is 12.3. The van der Waals surface area contributed by atoms with E-state index in [1.54, 1.807) is 24.4 Å². The molecule has 0 atom stereocenters. The first kappa shape index (κ1) is 16.3. The zero-order valence-corrected chi connectivity index (χ0v) is 13.0. The van der Waals surface area contributed by atoms with Gasteiger partial charge in [0, 0.05) is 29.4 Å². The van der Waals surface area contributed by atoms with Gasteiger partial charge in [0.25, 0.3) is 0 Å². The molecule has 2 rings (SSSR count). The molecule has 5 nitrogen and oxygen atoms in total. The van der Waals surface area contributed by atoms with E-state index in [0.717, 1.165) is 12.8 Å². The number of halogens is 2. The van der Waals surface area contributed by atoms with Gasteiger partial charge in [-0.2, -0.15) is 5.10 Å². The number of nitrogens with one attached hydrogen (secondary N) is 2. The van der Waals surface area contributed by atoms with Crippen molar-refractivity contribution in [3.63, 3.8) is 0 Å². The summed E-state index contributed by atoms with van der Waals surface area (Å²) >= 11 is 5.98. The van der Waals surface area contributed by atoms with Crippen molar-refractivity contribution < 1.29 is 9.18 Å². The lowest BCUT2D eigenvalue weighted by molar-refractivity contribution is 0.252. The maximum absolute atomic E-state index is 13.7. The second-order valence-corrected chi connectivity index (χ2v) is 5.24. The molecule has 0 fully saturated rings. The van der Waals surface area contributed by atoms with Crippen LogP contribution in [0, 0.1) is 5.82 Å². The van der Waals surface area contributed by atoms with E-state index in [1.165, 1.54) is 10.7 Å². The summed E-state index contributed by atoms with van der Waals surface area (Å²) in [5, 5.41) is 9.88. The fourth-order valence-corrected chi connectivity index (χ4v) is 2.12. The Kier molecular flexibility index (Phi) is 5.77. The van der Waals surface area contributed by atoms with Crippen molar-refractivity contribution in [2.45, 2.75) is 26.3 Å². The predicted molar refractivity (Wildman–Crippen MR) is 84.7 cm³/mol. The largest absolute Gasteiger partial charge is 0.338 e. The van der Waals surface area contributed by atoms with E-state index in [9.17, 15) is 9.18 Å². The summed E-state index contributed by atoms with van der Waals surface area (Å²) in [6.07, 6.45) is 3.59. The predicted octanol–water partition coefficient (Wildman–Crippen LogP) is 3.65. The van der Waals surface area contributed by atoms with Gasteiger partial charge in [0.05, 0.1) is 6.54 Å². The number of carbonyl (C=O) groups is 1. The minimum atomic E-state index is -0.380. The molecule has 0 spiro atoms. The molecule has 0 bridgehead atoms. The molecule has 22 heavy (non-hydrogen) atoms. The lowest BCUT2D eigenvalue weighted by atomic mass is 10.2. The molecule has 0 aliphatic carbocycles. The Balaban J connectivity index is 1.95. The van der Waals surface area contributed by atoms with Crippen molar-refractivity contribution in [1.29, 1.82) is 0 Å². The minimum absolute atomic E-state index is 0.199. The number of anilines is 1. The molecule has 1 aromatic carbocycles. The van der Waals surface area contributed by atoms with Gasteiger partial charge in [-0.15, -0.1) is 0 Å². The lowest BCUT2D eigenvalue weighted by Gasteiger charge is -2.06. The van der Waals surface area contributed by atoms with Crippen LogP contribution in [-0.4, -0.2) is 22.4 Å². The van der Waals surface area contributed by atoms with Crippen molar-refractivity contribution in [2.75, 3.05) is 11.9 Å². The molecular weight excluding hydrogens is 307 g/mol. The first-order valence-corrected chi connectivity index (χ1v) is 7.49. The molecule has 118 valence electrons. The van der Waals surface area contributed by atoms with Crippen LogP contribution in [0.3, 0.4) is 0 Å². The van der Waals surface area contributed by atoms with Crippen molar-refractivity contribution in [1.82, 2.24) is 15.1 Å². The summed E-state index contributed by atoms with van der Waals surface area (Å²) in [4.78, 5) is 11.6. The second kappa shape index (κ2) is 7.79. The van der Waals surface area contributed by atoms with Crippen LogP contribution in [0.15, 0.2) is 30.5 Å². The number of nitrogens with zero attached hydrogens (tertiary/aromatic N) is 2. The third kappa shape index (κ3) is 4.46. The highest BCUT2D eigenvalue weighted by Crippen LogP contribution is 2.20. The fraction of sp³-hybridized carbons (Fsp3) is 0.333. The second-order valence-electron chi connectivity index (χ2n) is 4.83. The summed E-state index contributed by atoms with van der Waals surface area (Å²) in [6.45, 7) is 2.87. The number of urea groups is 1. The van der Waals surface area contributed by atoms with Crippen molar-refractivity contribution in [3.8, 4) is 0 Å². The van der Waals surface area contributed by atoms with Gasteiger partial charge >= 0.3 is 6.03 Å². The van der Waals surface area contributed by atoms with Gasteiger partial charge in [0.15, 0.2) is 5.82 Å². The Labute approximate surface area is 133 Å². The third-order valence-electron chi connectivity index (χ3n) is 3.08. The van der Waals surface area contributed by atoms with Gasteiger partial charge < -0.3 is 5.32 Å². The molecule has 0 aliphatic heterocycles. The number of hydrogen-bond acceptors (Lipinski definition) is 2. The normalized spacial score (nSPS) is 10.5. The van der Waals surface area contributed by atoms with E-state index in [2.05, 4.69) is 22.7 Å². The summed E-state index contributed by atoms with van der Waals surface area (Å²) in [7, 11) is 0. The molecule has 0 saturated heterocycles. The fourth-order valence-electron chi connectivity index (χ4n) is 1.90.